The Morgan fingerprint density at radius 1 is 1.09 bits per heavy atom. The molecule has 120 valence electrons. The summed E-state index contributed by atoms with van der Waals surface area (Å²) in [6, 6.07) is 18.5. The Hall–Kier alpha value is -2.29. The molecule has 0 radical (unpaired) electrons. The Morgan fingerprint density at radius 3 is 2.39 bits per heavy atom. The SMILES string of the molecule is Cc1ccccc1[C@@H](C)NC(=O)NCC1(c2ccccc2)CC1. The largest absolute Gasteiger partial charge is 0.337 e. The summed E-state index contributed by atoms with van der Waals surface area (Å²) in [5, 5.41) is 6.09. The predicted molar refractivity (Wildman–Crippen MR) is 93.5 cm³/mol. The summed E-state index contributed by atoms with van der Waals surface area (Å²) >= 11 is 0. The number of carbonyl (C=O) groups excluding carboxylic acids is 1. The first-order valence-corrected chi connectivity index (χ1v) is 8.26. The molecule has 1 aliphatic rings. The molecule has 2 amide bonds. The number of urea groups is 1. The van der Waals surface area contributed by atoms with Crippen LogP contribution >= 0.6 is 0 Å². The zero-order chi connectivity index (χ0) is 16.3. The molecule has 3 rings (SSSR count). The first kappa shape index (κ1) is 15.6. The van der Waals surface area contributed by atoms with Crippen LogP contribution in [0.15, 0.2) is 54.6 Å². The van der Waals surface area contributed by atoms with Gasteiger partial charge in [0.1, 0.15) is 0 Å². The van der Waals surface area contributed by atoms with Crippen LogP contribution in [0.2, 0.25) is 0 Å². The van der Waals surface area contributed by atoms with E-state index in [-0.39, 0.29) is 17.5 Å². The van der Waals surface area contributed by atoms with Crippen LogP contribution in [0.5, 0.6) is 0 Å². The molecule has 23 heavy (non-hydrogen) atoms. The molecular formula is C20H24N2O. The van der Waals surface area contributed by atoms with Crippen molar-refractivity contribution in [1.82, 2.24) is 10.6 Å². The maximum Gasteiger partial charge on any atom is 0.315 e. The molecule has 0 bridgehead atoms. The van der Waals surface area contributed by atoms with E-state index in [9.17, 15) is 4.79 Å². The molecule has 1 atom stereocenters. The smallest absolute Gasteiger partial charge is 0.315 e. The average Bonchev–Trinajstić information content (AvgIpc) is 3.35. The van der Waals surface area contributed by atoms with Crippen LogP contribution in [-0.4, -0.2) is 12.6 Å². The van der Waals surface area contributed by atoms with Gasteiger partial charge in [-0.05, 0) is 43.4 Å². The molecule has 1 aliphatic carbocycles. The lowest BCUT2D eigenvalue weighted by Gasteiger charge is -2.20. The van der Waals surface area contributed by atoms with E-state index in [1.54, 1.807) is 0 Å². The minimum absolute atomic E-state index is 0.00285. The van der Waals surface area contributed by atoms with E-state index in [1.807, 2.05) is 25.1 Å². The minimum Gasteiger partial charge on any atom is -0.337 e. The highest BCUT2D eigenvalue weighted by molar-refractivity contribution is 5.74. The number of carbonyl (C=O) groups is 1. The summed E-state index contributed by atoms with van der Waals surface area (Å²) in [5.74, 6) is 0. The highest BCUT2D eigenvalue weighted by atomic mass is 16.2. The Bertz CT molecular complexity index is 677. The van der Waals surface area contributed by atoms with E-state index in [4.69, 9.17) is 0 Å². The normalized spacial score (nSPS) is 16.4. The Balaban J connectivity index is 1.55. The van der Waals surface area contributed by atoms with Crippen molar-refractivity contribution in [3.05, 3.63) is 71.3 Å². The van der Waals surface area contributed by atoms with E-state index in [1.165, 1.54) is 11.1 Å². The van der Waals surface area contributed by atoms with Gasteiger partial charge in [0.2, 0.25) is 0 Å². The van der Waals surface area contributed by atoms with Crippen molar-refractivity contribution in [2.75, 3.05) is 6.54 Å². The molecule has 2 aromatic carbocycles. The molecule has 0 saturated heterocycles. The third-order valence-corrected chi connectivity index (χ3v) is 4.83. The standard InChI is InChI=1S/C20H24N2O/c1-15-8-6-7-11-18(15)16(2)22-19(23)21-14-20(12-13-20)17-9-4-3-5-10-17/h3-11,16H,12-14H2,1-2H3,(H2,21,22,23)/t16-/m1/s1. The Morgan fingerprint density at radius 2 is 1.74 bits per heavy atom. The Kier molecular flexibility index (Phi) is 4.37. The first-order chi connectivity index (χ1) is 11.1. The van der Waals surface area contributed by atoms with Crippen molar-refractivity contribution in [3.63, 3.8) is 0 Å². The monoisotopic (exact) mass is 308 g/mol. The maximum absolute atomic E-state index is 12.2. The van der Waals surface area contributed by atoms with Gasteiger partial charge in [-0.1, -0.05) is 54.6 Å². The van der Waals surface area contributed by atoms with Crippen LogP contribution in [0.4, 0.5) is 4.79 Å². The van der Waals surface area contributed by atoms with Crippen molar-refractivity contribution in [2.24, 2.45) is 0 Å². The first-order valence-electron chi connectivity index (χ1n) is 8.26. The van der Waals surface area contributed by atoms with Crippen LogP contribution < -0.4 is 10.6 Å². The lowest BCUT2D eigenvalue weighted by molar-refractivity contribution is 0.237. The van der Waals surface area contributed by atoms with E-state index < -0.39 is 0 Å². The molecule has 0 spiro atoms. The molecule has 0 aliphatic heterocycles. The summed E-state index contributed by atoms with van der Waals surface area (Å²) in [7, 11) is 0. The van der Waals surface area contributed by atoms with Crippen molar-refractivity contribution < 1.29 is 4.79 Å². The fraction of sp³-hybridized carbons (Fsp3) is 0.350. The summed E-state index contributed by atoms with van der Waals surface area (Å²) in [6.07, 6.45) is 2.29. The van der Waals surface area contributed by atoms with E-state index in [0.717, 1.165) is 18.4 Å². The topological polar surface area (TPSA) is 41.1 Å². The highest BCUT2D eigenvalue weighted by Crippen LogP contribution is 2.47. The number of nitrogens with one attached hydrogen (secondary N) is 2. The molecule has 1 fully saturated rings. The Labute approximate surface area is 138 Å². The number of hydrogen-bond acceptors (Lipinski definition) is 1. The molecule has 1 saturated carbocycles. The third-order valence-electron chi connectivity index (χ3n) is 4.83. The molecule has 2 aromatic rings. The van der Waals surface area contributed by atoms with Crippen LogP contribution in [0, 0.1) is 6.92 Å². The van der Waals surface area contributed by atoms with Crippen LogP contribution in [0.25, 0.3) is 0 Å². The van der Waals surface area contributed by atoms with Gasteiger partial charge in [-0.15, -0.1) is 0 Å². The van der Waals surface area contributed by atoms with Crippen LogP contribution in [0.1, 0.15) is 42.5 Å². The number of benzene rings is 2. The zero-order valence-electron chi connectivity index (χ0n) is 13.8. The lowest BCUT2D eigenvalue weighted by atomic mass is 9.96. The summed E-state index contributed by atoms with van der Waals surface area (Å²) in [5.41, 5.74) is 3.83. The van der Waals surface area contributed by atoms with E-state index in [2.05, 4.69) is 54.0 Å². The van der Waals surface area contributed by atoms with Gasteiger partial charge in [0.25, 0.3) is 0 Å². The maximum atomic E-state index is 12.2. The van der Waals surface area contributed by atoms with Crippen LogP contribution in [-0.2, 0) is 5.41 Å². The van der Waals surface area contributed by atoms with E-state index in [0.29, 0.717) is 6.54 Å². The fourth-order valence-electron chi connectivity index (χ4n) is 3.16. The van der Waals surface area contributed by atoms with E-state index >= 15 is 0 Å². The number of rotatable bonds is 5. The second-order valence-corrected chi connectivity index (χ2v) is 6.55. The van der Waals surface area contributed by atoms with Gasteiger partial charge in [-0.25, -0.2) is 4.79 Å². The molecule has 2 N–H and O–H groups in total. The quantitative estimate of drug-likeness (QED) is 0.858. The van der Waals surface area contributed by atoms with Gasteiger partial charge >= 0.3 is 6.03 Å². The van der Waals surface area contributed by atoms with Gasteiger partial charge in [0, 0.05) is 12.0 Å². The number of hydrogen-bond donors (Lipinski definition) is 2. The molecule has 3 heteroatoms. The van der Waals surface area contributed by atoms with Crippen molar-refractivity contribution in [3.8, 4) is 0 Å². The van der Waals surface area contributed by atoms with Gasteiger partial charge < -0.3 is 10.6 Å². The lowest BCUT2D eigenvalue weighted by Crippen LogP contribution is -2.41. The summed E-state index contributed by atoms with van der Waals surface area (Å²) < 4.78 is 0. The fourth-order valence-corrected chi connectivity index (χ4v) is 3.16. The second-order valence-electron chi connectivity index (χ2n) is 6.55. The average molecular weight is 308 g/mol. The zero-order valence-corrected chi connectivity index (χ0v) is 13.8. The molecule has 0 aromatic heterocycles. The van der Waals surface area contributed by atoms with Gasteiger partial charge in [0.05, 0.1) is 6.04 Å². The van der Waals surface area contributed by atoms with Gasteiger partial charge in [-0.2, -0.15) is 0 Å². The molecule has 3 nitrogen and oxygen atoms in total. The van der Waals surface area contributed by atoms with Crippen molar-refractivity contribution >= 4 is 6.03 Å². The summed E-state index contributed by atoms with van der Waals surface area (Å²) in [4.78, 5) is 12.2. The molecule has 0 heterocycles. The van der Waals surface area contributed by atoms with Crippen molar-refractivity contribution in [1.29, 1.82) is 0 Å². The summed E-state index contributed by atoms with van der Waals surface area (Å²) in [6.45, 7) is 4.79. The number of aryl methyl sites for hydroxylation is 1. The minimum atomic E-state index is -0.0945. The molecular weight excluding hydrogens is 284 g/mol. The predicted octanol–water partition coefficient (Wildman–Crippen LogP) is 4.09. The highest BCUT2D eigenvalue weighted by Gasteiger charge is 2.44. The van der Waals surface area contributed by atoms with Crippen LogP contribution in [0.3, 0.4) is 0 Å². The second kappa shape index (κ2) is 6.45. The van der Waals surface area contributed by atoms with Crippen molar-refractivity contribution in [2.45, 2.75) is 38.1 Å². The number of amides is 2. The third kappa shape index (κ3) is 3.55. The van der Waals surface area contributed by atoms with Gasteiger partial charge in [-0.3, -0.25) is 0 Å². The van der Waals surface area contributed by atoms with Gasteiger partial charge in [0.15, 0.2) is 0 Å². The molecule has 0 unspecified atom stereocenters.